The highest BCUT2D eigenvalue weighted by molar-refractivity contribution is 9.10. The van der Waals surface area contributed by atoms with Gasteiger partial charge in [-0.3, -0.25) is 4.79 Å². The van der Waals surface area contributed by atoms with E-state index in [-0.39, 0.29) is 17.6 Å². The van der Waals surface area contributed by atoms with Gasteiger partial charge in [0.25, 0.3) is 5.91 Å². The minimum Gasteiger partial charge on any atom is -0.376 e. The molecule has 116 valence electrons. The summed E-state index contributed by atoms with van der Waals surface area (Å²) >= 11 is 3.43. The zero-order valence-corrected chi connectivity index (χ0v) is 13.9. The lowest BCUT2D eigenvalue weighted by atomic mass is 10.2. The molecule has 1 aromatic carbocycles. The van der Waals surface area contributed by atoms with Crippen LogP contribution in [0.2, 0.25) is 0 Å². The van der Waals surface area contributed by atoms with Crippen molar-refractivity contribution in [2.75, 3.05) is 18.5 Å². The van der Waals surface area contributed by atoms with Gasteiger partial charge in [0, 0.05) is 29.5 Å². The number of carbonyl (C=O) groups excluding carboxylic acids is 1. The zero-order chi connectivity index (χ0) is 15.9. The van der Waals surface area contributed by atoms with Crippen LogP contribution in [0.4, 0.5) is 5.69 Å². The van der Waals surface area contributed by atoms with Crippen LogP contribution in [-0.4, -0.2) is 25.2 Å². The number of rotatable bonds is 5. The molecule has 1 saturated heterocycles. The van der Waals surface area contributed by atoms with Gasteiger partial charge in [-0.2, -0.15) is 5.26 Å². The molecule has 22 heavy (non-hydrogen) atoms. The molecular weight excluding hydrogens is 346 g/mol. The van der Waals surface area contributed by atoms with Crippen LogP contribution in [0.1, 0.15) is 18.4 Å². The Morgan fingerprint density at radius 2 is 2.41 bits per heavy atom. The number of nitrogens with one attached hydrogen (secondary N) is 2. The lowest BCUT2D eigenvalue weighted by molar-refractivity contribution is -0.117. The van der Waals surface area contributed by atoms with E-state index in [1.165, 1.54) is 6.20 Å². The maximum absolute atomic E-state index is 12.0. The summed E-state index contributed by atoms with van der Waals surface area (Å²) < 4.78 is 6.44. The lowest BCUT2D eigenvalue weighted by Gasteiger charge is -2.10. The summed E-state index contributed by atoms with van der Waals surface area (Å²) in [5.41, 5.74) is 1.93. The first-order chi connectivity index (χ1) is 10.6. The zero-order valence-electron chi connectivity index (χ0n) is 12.4. The predicted octanol–water partition coefficient (Wildman–Crippen LogP) is 2.87. The molecule has 2 N–H and O–H groups in total. The Kier molecular flexibility index (Phi) is 5.99. The molecule has 1 atom stereocenters. The van der Waals surface area contributed by atoms with E-state index in [1.54, 1.807) is 0 Å². The summed E-state index contributed by atoms with van der Waals surface area (Å²) in [6.07, 6.45) is 3.45. The third-order valence-corrected chi connectivity index (χ3v) is 4.31. The number of benzene rings is 1. The highest BCUT2D eigenvalue weighted by Crippen LogP contribution is 2.20. The molecule has 1 amide bonds. The van der Waals surface area contributed by atoms with Gasteiger partial charge >= 0.3 is 0 Å². The Balaban J connectivity index is 1.92. The number of halogens is 1. The van der Waals surface area contributed by atoms with Crippen LogP contribution in [0, 0.1) is 18.3 Å². The van der Waals surface area contributed by atoms with E-state index >= 15 is 0 Å². The molecule has 0 spiro atoms. The fourth-order valence-corrected chi connectivity index (χ4v) is 2.39. The molecule has 1 aliphatic heterocycles. The Morgan fingerprint density at radius 3 is 3.05 bits per heavy atom. The number of hydrogen-bond donors (Lipinski definition) is 2. The molecule has 1 aliphatic rings. The monoisotopic (exact) mass is 363 g/mol. The second kappa shape index (κ2) is 7.97. The largest absolute Gasteiger partial charge is 0.376 e. The molecule has 0 radical (unpaired) electrons. The van der Waals surface area contributed by atoms with E-state index in [9.17, 15) is 4.79 Å². The van der Waals surface area contributed by atoms with Crippen LogP contribution in [-0.2, 0) is 9.53 Å². The average Bonchev–Trinajstić information content (AvgIpc) is 3.02. The van der Waals surface area contributed by atoms with Gasteiger partial charge in [0.2, 0.25) is 0 Å². The predicted molar refractivity (Wildman–Crippen MR) is 88.2 cm³/mol. The van der Waals surface area contributed by atoms with Crippen LogP contribution in [0.3, 0.4) is 0 Å². The summed E-state index contributed by atoms with van der Waals surface area (Å²) in [6, 6.07) is 7.62. The summed E-state index contributed by atoms with van der Waals surface area (Å²) in [5, 5.41) is 14.8. The van der Waals surface area contributed by atoms with Crippen molar-refractivity contribution in [3.05, 3.63) is 40.0 Å². The number of aryl methyl sites for hydroxylation is 1. The molecule has 1 heterocycles. The summed E-state index contributed by atoms with van der Waals surface area (Å²) in [7, 11) is 0. The van der Waals surface area contributed by atoms with E-state index in [0.29, 0.717) is 6.54 Å². The molecule has 1 aromatic rings. The fraction of sp³-hybridized carbons (Fsp3) is 0.375. The van der Waals surface area contributed by atoms with Crippen molar-refractivity contribution in [1.29, 1.82) is 5.26 Å². The number of amides is 1. The SMILES string of the molecule is Cc1cc(N/C=C(/C#N)C(=O)NCC2CCCO2)ccc1Br. The van der Waals surface area contributed by atoms with Crippen molar-refractivity contribution in [3.8, 4) is 6.07 Å². The van der Waals surface area contributed by atoms with Gasteiger partial charge in [0.1, 0.15) is 11.6 Å². The Bertz CT molecular complexity index is 616. The van der Waals surface area contributed by atoms with E-state index in [1.807, 2.05) is 31.2 Å². The van der Waals surface area contributed by atoms with Gasteiger partial charge in [0.05, 0.1) is 6.10 Å². The average molecular weight is 364 g/mol. The second-order valence-corrected chi connectivity index (χ2v) is 5.98. The molecule has 5 nitrogen and oxygen atoms in total. The fourth-order valence-electron chi connectivity index (χ4n) is 2.15. The molecule has 2 rings (SSSR count). The van der Waals surface area contributed by atoms with Gasteiger partial charge in [-0.05, 0) is 43.5 Å². The molecule has 0 aliphatic carbocycles. The van der Waals surface area contributed by atoms with E-state index in [2.05, 4.69) is 26.6 Å². The number of nitrogens with zero attached hydrogens (tertiary/aromatic N) is 1. The van der Waals surface area contributed by atoms with Crippen LogP contribution in [0.25, 0.3) is 0 Å². The third-order valence-electron chi connectivity index (χ3n) is 3.42. The number of anilines is 1. The molecule has 0 saturated carbocycles. The second-order valence-electron chi connectivity index (χ2n) is 5.12. The van der Waals surface area contributed by atoms with Gasteiger partial charge in [-0.1, -0.05) is 15.9 Å². The van der Waals surface area contributed by atoms with Gasteiger partial charge in [0.15, 0.2) is 0 Å². The Labute approximate surface area is 138 Å². The first kappa shape index (κ1) is 16.5. The van der Waals surface area contributed by atoms with Gasteiger partial charge in [-0.15, -0.1) is 0 Å². The smallest absolute Gasteiger partial charge is 0.263 e. The number of nitriles is 1. The molecule has 6 heteroatoms. The first-order valence-corrected chi connectivity index (χ1v) is 7.92. The quantitative estimate of drug-likeness (QED) is 0.623. The normalized spacial score (nSPS) is 17.9. The summed E-state index contributed by atoms with van der Waals surface area (Å²) in [5.74, 6) is -0.390. The van der Waals surface area contributed by atoms with E-state index in [4.69, 9.17) is 10.00 Å². The van der Waals surface area contributed by atoms with E-state index in [0.717, 1.165) is 35.2 Å². The van der Waals surface area contributed by atoms with Crippen LogP contribution in [0.15, 0.2) is 34.4 Å². The number of carbonyl (C=O) groups is 1. The molecule has 0 bridgehead atoms. The summed E-state index contributed by atoms with van der Waals surface area (Å²) in [6.45, 7) is 3.15. The first-order valence-electron chi connectivity index (χ1n) is 7.13. The topological polar surface area (TPSA) is 74.2 Å². The van der Waals surface area contributed by atoms with Crippen molar-refractivity contribution < 1.29 is 9.53 Å². The van der Waals surface area contributed by atoms with Crippen molar-refractivity contribution in [1.82, 2.24) is 5.32 Å². The van der Waals surface area contributed by atoms with E-state index < -0.39 is 0 Å². The van der Waals surface area contributed by atoms with Crippen molar-refractivity contribution in [2.24, 2.45) is 0 Å². The van der Waals surface area contributed by atoms with Crippen molar-refractivity contribution in [2.45, 2.75) is 25.9 Å². The maximum Gasteiger partial charge on any atom is 0.263 e. The highest BCUT2D eigenvalue weighted by Gasteiger charge is 2.17. The van der Waals surface area contributed by atoms with Gasteiger partial charge < -0.3 is 15.4 Å². The standard InChI is InChI=1S/C16H18BrN3O2/c1-11-7-13(4-5-15(11)17)19-9-12(8-18)16(21)20-10-14-3-2-6-22-14/h4-5,7,9,14,19H,2-3,6,10H2,1H3,(H,20,21)/b12-9-. The molecule has 1 fully saturated rings. The molecular formula is C16H18BrN3O2. The highest BCUT2D eigenvalue weighted by atomic mass is 79.9. The van der Waals surface area contributed by atoms with Crippen LogP contribution in [0.5, 0.6) is 0 Å². The lowest BCUT2D eigenvalue weighted by Crippen LogP contribution is -2.32. The third kappa shape index (κ3) is 4.58. The van der Waals surface area contributed by atoms with Crippen LogP contribution >= 0.6 is 15.9 Å². The van der Waals surface area contributed by atoms with Crippen LogP contribution < -0.4 is 10.6 Å². The number of ether oxygens (including phenoxy) is 1. The maximum atomic E-state index is 12.0. The summed E-state index contributed by atoms with van der Waals surface area (Å²) in [4.78, 5) is 12.0. The molecule has 0 aromatic heterocycles. The van der Waals surface area contributed by atoms with Crippen molar-refractivity contribution >= 4 is 27.5 Å². The van der Waals surface area contributed by atoms with Gasteiger partial charge in [-0.25, -0.2) is 0 Å². The molecule has 1 unspecified atom stereocenters. The minimum atomic E-state index is -0.390. The van der Waals surface area contributed by atoms with Crippen molar-refractivity contribution in [3.63, 3.8) is 0 Å². The minimum absolute atomic E-state index is 0.0403. The Morgan fingerprint density at radius 1 is 1.59 bits per heavy atom. The Hall–Kier alpha value is -1.84. The number of hydrogen-bond acceptors (Lipinski definition) is 4.